The topological polar surface area (TPSA) is 215 Å². The zero-order valence-corrected chi connectivity index (χ0v) is 20.4. The van der Waals surface area contributed by atoms with Gasteiger partial charge in [0, 0.05) is 45.7 Å². The number of aromatic nitrogens is 2. The first-order valence-electron chi connectivity index (χ1n) is 9.08. The zero-order chi connectivity index (χ0) is 24.8. The number of H-pyrrole nitrogens is 1. The van der Waals surface area contributed by atoms with Gasteiger partial charge in [0.15, 0.2) is 0 Å². The van der Waals surface area contributed by atoms with E-state index in [2.05, 4.69) is 18.3 Å². The number of phosphoric ester groups is 2. The van der Waals surface area contributed by atoms with Gasteiger partial charge in [-0.2, -0.15) is 8.62 Å². The lowest BCUT2D eigenvalue weighted by atomic mass is 9.96. The third-order valence-electron chi connectivity index (χ3n) is 5.18. The summed E-state index contributed by atoms with van der Waals surface area (Å²) >= 11 is 0. The minimum absolute atomic E-state index is 0.0291. The molecule has 1 saturated heterocycles. The highest BCUT2D eigenvalue weighted by Crippen LogP contribution is 2.74. The van der Waals surface area contributed by atoms with Crippen LogP contribution in [0.4, 0.5) is 0 Å². The SMILES string of the molecule is COP(=O)(O)OP(=O)(OC)OP(=O)(OC)OC1C2OC(n3ccc(=O)[nH]c3=O)CC21C(C)=N. The molecule has 33 heavy (non-hydrogen) atoms. The van der Waals surface area contributed by atoms with Crippen LogP contribution >= 0.6 is 23.5 Å². The third-order valence-corrected chi connectivity index (χ3v) is 10.2. The van der Waals surface area contributed by atoms with Crippen molar-refractivity contribution in [3.63, 3.8) is 0 Å². The van der Waals surface area contributed by atoms with Crippen LogP contribution in [0.25, 0.3) is 0 Å². The molecule has 7 atom stereocenters. The van der Waals surface area contributed by atoms with Gasteiger partial charge in [0.2, 0.25) is 0 Å². The van der Waals surface area contributed by atoms with Crippen molar-refractivity contribution >= 4 is 29.2 Å². The molecule has 19 heteroatoms. The number of fused-ring (bicyclic) bond motifs is 1. The smallest absolute Gasteiger partial charge is 0.351 e. The van der Waals surface area contributed by atoms with Crippen molar-refractivity contribution in [2.45, 2.75) is 31.8 Å². The fourth-order valence-corrected chi connectivity index (χ4v) is 7.71. The monoisotopic (exact) mass is 533 g/mol. The van der Waals surface area contributed by atoms with E-state index in [4.69, 9.17) is 23.5 Å². The van der Waals surface area contributed by atoms with Crippen LogP contribution < -0.4 is 11.2 Å². The highest BCUT2D eigenvalue weighted by atomic mass is 31.3. The van der Waals surface area contributed by atoms with Crippen molar-refractivity contribution < 1.29 is 50.0 Å². The number of rotatable bonds is 11. The van der Waals surface area contributed by atoms with E-state index in [1.807, 2.05) is 0 Å². The first-order valence-corrected chi connectivity index (χ1v) is 13.5. The van der Waals surface area contributed by atoms with Crippen LogP contribution in [0.3, 0.4) is 0 Å². The summed E-state index contributed by atoms with van der Waals surface area (Å²) in [4.78, 5) is 34.8. The molecule has 0 aromatic carbocycles. The Labute approximate surface area is 186 Å². The Morgan fingerprint density at radius 1 is 1.18 bits per heavy atom. The Morgan fingerprint density at radius 2 is 1.82 bits per heavy atom. The van der Waals surface area contributed by atoms with E-state index >= 15 is 0 Å². The lowest BCUT2D eigenvalue weighted by Crippen LogP contribution is -2.33. The molecule has 1 aliphatic heterocycles. The second kappa shape index (κ2) is 9.06. The Balaban J connectivity index is 1.80. The summed E-state index contributed by atoms with van der Waals surface area (Å²) < 4.78 is 71.8. The second-order valence-corrected chi connectivity index (χ2v) is 12.3. The molecule has 2 heterocycles. The number of nitrogens with zero attached hydrogens (tertiary/aromatic N) is 1. The summed E-state index contributed by atoms with van der Waals surface area (Å²) in [7, 11) is -12.2. The van der Waals surface area contributed by atoms with Crippen molar-refractivity contribution in [3.8, 4) is 0 Å². The minimum atomic E-state index is -4.98. The molecule has 3 rings (SSSR count). The van der Waals surface area contributed by atoms with Crippen LogP contribution in [0.2, 0.25) is 0 Å². The summed E-state index contributed by atoms with van der Waals surface area (Å²) in [5, 5.41) is 8.16. The van der Waals surface area contributed by atoms with Gasteiger partial charge in [-0.05, 0) is 6.92 Å². The minimum Gasteiger partial charge on any atom is -0.351 e. The van der Waals surface area contributed by atoms with Crippen molar-refractivity contribution in [2.75, 3.05) is 21.3 Å². The molecule has 7 unspecified atom stereocenters. The van der Waals surface area contributed by atoms with Crippen molar-refractivity contribution in [1.82, 2.24) is 9.55 Å². The van der Waals surface area contributed by atoms with Crippen molar-refractivity contribution in [1.29, 1.82) is 5.41 Å². The molecule has 3 N–H and O–H groups in total. The van der Waals surface area contributed by atoms with Gasteiger partial charge in [-0.1, -0.05) is 0 Å². The fourth-order valence-electron chi connectivity index (χ4n) is 3.45. The molecule has 1 aromatic rings. The maximum absolute atomic E-state index is 13.0. The Morgan fingerprint density at radius 3 is 2.30 bits per heavy atom. The molecule has 0 amide bonds. The Bertz CT molecular complexity index is 1200. The Hall–Kier alpha value is -1.28. The van der Waals surface area contributed by atoms with Crippen LogP contribution in [0.1, 0.15) is 19.6 Å². The fraction of sp³-hybridized carbons (Fsp3) is 0.643. The highest BCUT2D eigenvalue weighted by Gasteiger charge is 2.76. The first-order chi connectivity index (χ1) is 15.2. The van der Waals surface area contributed by atoms with Crippen LogP contribution in [-0.4, -0.2) is 53.7 Å². The summed E-state index contributed by atoms with van der Waals surface area (Å²) in [6.07, 6.45) is -1.57. The predicted molar refractivity (Wildman–Crippen MR) is 109 cm³/mol. The van der Waals surface area contributed by atoms with Crippen LogP contribution in [-0.2, 0) is 45.1 Å². The lowest BCUT2D eigenvalue weighted by Gasteiger charge is -2.24. The normalized spacial score (nSPS) is 31.7. The second-order valence-electron chi connectivity index (χ2n) is 7.00. The van der Waals surface area contributed by atoms with Crippen molar-refractivity contribution in [2.24, 2.45) is 5.41 Å². The van der Waals surface area contributed by atoms with E-state index < -0.39 is 58.6 Å². The van der Waals surface area contributed by atoms with Gasteiger partial charge < -0.3 is 15.0 Å². The van der Waals surface area contributed by atoms with E-state index in [1.54, 1.807) is 0 Å². The quantitative estimate of drug-likeness (QED) is 0.272. The standard InChI is InChI=1S/C14H22N3O13P3/c1-8(15)14-7-10(17-6-5-9(18)16-13(17)19)27-11(14)12(14)28-32(22,25-3)30-33(23,26-4)29-31(20,21)24-2/h5-6,10-12,15H,7H2,1-4H3,(H,20,21)(H,16,18,19). The molecule has 1 aliphatic carbocycles. The van der Waals surface area contributed by atoms with Gasteiger partial charge in [-0.15, -0.1) is 0 Å². The summed E-state index contributed by atoms with van der Waals surface area (Å²) in [5.74, 6) is 0. The molecule has 1 saturated carbocycles. The molecule has 0 bridgehead atoms. The number of nitrogens with one attached hydrogen (secondary N) is 2. The number of ether oxygens (including phenoxy) is 1. The van der Waals surface area contributed by atoms with Crippen LogP contribution in [0.5, 0.6) is 0 Å². The molecule has 186 valence electrons. The van der Waals surface area contributed by atoms with Gasteiger partial charge in [-0.3, -0.25) is 32.4 Å². The van der Waals surface area contributed by atoms with Crippen molar-refractivity contribution in [3.05, 3.63) is 33.1 Å². The van der Waals surface area contributed by atoms with Crippen LogP contribution in [0, 0.1) is 10.8 Å². The van der Waals surface area contributed by atoms with Gasteiger partial charge in [0.25, 0.3) is 5.56 Å². The molecule has 16 nitrogen and oxygen atoms in total. The molecule has 2 aliphatic rings. The lowest BCUT2D eigenvalue weighted by molar-refractivity contribution is -0.0129. The summed E-state index contributed by atoms with van der Waals surface area (Å²) in [6, 6.07) is 1.13. The average Bonchev–Trinajstić information content (AvgIpc) is 3.12. The van der Waals surface area contributed by atoms with E-state index in [0.717, 1.165) is 32.0 Å². The van der Waals surface area contributed by atoms with Crippen LogP contribution in [0.15, 0.2) is 21.9 Å². The van der Waals surface area contributed by atoms with E-state index in [9.17, 15) is 28.2 Å². The molecular weight excluding hydrogens is 511 g/mol. The highest BCUT2D eigenvalue weighted by molar-refractivity contribution is 7.67. The maximum atomic E-state index is 13.0. The molecular formula is C14H22N3O13P3. The first kappa shape index (κ1) is 26.3. The largest absolute Gasteiger partial charge is 0.492 e. The summed E-state index contributed by atoms with van der Waals surface area (Å²) in [6.45, 7) is 1.44. The molecule has 1 aromatic heterocycles. The van der Waals surface area contributed by atoms with Gasteiger partial charge in [-0.25, -0.2) is 18.5 Å². The average molecular weight is 533 g/mol. The number of aromatic amines is 1. The summed E-state index contributed by atoms with van der Waals surface area (Å²) in [5.41, 5.74) is -2.40. The number of hydrogen-bond acceptors (Lipinski definition) is 13. The Kier molecular flexibility index (Phi) is 7.23. The number of phosphoric acid groups is 3. The maximum Gasteiger partial charge on any atom is 0.492 e. The number of hydrogen-bond donors (Lipinski definition) is 3. The van der Waals surface area contributed by atoms with Gasteiger partial charge >= 0.3 is 29.2 Å². The molecule has 0 spiro atoms. The van der Waals surface area contributed by atoms with E-state index in [1.165, 1.54) is 13.1 Å². The third kappa shape index (κ3) is 5.07. The van der Waals surface area contributed by atoms with Gasteiger partial charge in [0.05, 0.1) is 5.41 Å². The molecule has 2 fully saturated rings. The van der Waals surface area contributed by atoms with E-state index in [0.29, 0.717) is 0 Å². The van der Waals surface area contributed by atoms with E-state index in [-0.39, 0.29) is 12.1 Å². The van der Waals surface area contributed by atoms with Gasteiger partial charge in [0.1, 0.15) is 18.4 Å². The zero-order valence-electron chi connectivity index (χ0n) is 17.7. The molecule has 0 radical (unpaired) electrons. The predicted octanol–water partition coefficient (Wildman–Crippen LogP) is 1.54.